The molecule has 3 heteroatoms. The molecule has 0 bridgehead atoms. The average molecular weight is 270 g/mol. The normalized spacial score (nSPS) is 10.6. The highest BCUT2D eigenvalue weighted by Gasteiger charge is 2.04. The summed E-state index contributed by atoms with van der Waals surface area (Å²) < 4.78 is 5.13. The van der Waals surface area contributed by atoms with E-state index in [2.05, 4.69) is 43.2 Å². The van der Waals surface area contributed by atoms with Crippen molar-refractivity contribution in [2.24, 2.45) is 0 Å². The lowest BCUT2D eigenvalue weighted by Gasteiger charge is -2.12. The molecule has 0 atom stereocenters. The minimum absolute atomic E-state index is 0.659. The van der Waals surface area contributed by atoms with Crippen molar-refractivity contribution in [1.29, 1.82) is 0 Å². The van der Waals surface area contributed by atoms with Crippen LogP contribution >= 0.6 is 0 Å². The van der Waals surface area contributed by atoms with Gasteiger partial charge in [0, 0.05) is 25.4 Å². The standard InChI is InChI=1S/C17H22N2O/c1-12-7-13(2)16(14(3)8-12)11-18-10-15-5-6-19-17(9-15)20-4/h5-9,18H,10-11H2,1-4H3. The molecule has 1 aromatic carbocycles. The first-order valence-electron chi connectivity index (χ1n) is 6.86. The molecule has 1 heterocycles. The van der Waals surface area contributed by atoms with Crippen LogP contribution in [0.1, 0.15) is 27.8 Å². The van der Waals surface area contributed by atoms with E-state index in [1.165, 1.54) is 27.8 Å². The van der Waals surface area contributed by atoms with Crippen molar-refractivity contribution in [2.75, 3.05) is 7.11 Å². The lowest BCUT2D eigenvalue weighted by atomic mass is 10.00. The second-order valence-corrected chi connectivity index (χ2v) is 5.19. The van der Waals surface area contributed by atoms with Crippen LogP contribution in [0.2, 0.25) is 0 Å². The van der Waals surface area contributed by atoms with Gasteiger partial charge in [-0.15, -0.1) is 0 Å². The van der Waals surface area contributed by atoms with Crippen molar-refractivity contribution < 1.29 is 4.74 Å². The summed E-state index contributed by atoms with van der Waals surface area (Å²) in [5, 5.41) is 3.49. The summed E-state index contributed by atoms with van der Waals surface area (Å²) in [6.07, 6.45) is 1.78. The van der Waals surface area contributed by atoms with Crippen molar-refractivity contribution in [2.45, 2.75) is 33.9 Å². The van der Waals surface area contributed by atoms with E-state index < -0.39 is 0 Å². The molecule has 0 amide bonds. The number of ether oxygens (including phenoxy) is 1. The molecule has 3 nitrogen and oxygen atoms in total. The van der Waals surface area contributed by atoms with E-state index in [1.54, 1.807) is 13.3 Å². The molecule has 1 aromatic heterocycles. The fourth-order valence-corrected chi connectivity index (χ4v) is 2.49. The average Bonchev–Trinajstić information content (AvgIpc) is 2.42. The maximum atomic E-state index is 5.13. The number of nitrogens with zero attached hydrogens (tertiary/aromatic N) is 1. The highest BCUT2D eigenvalue weighted by molar-refractivity contribution is 5.37. The maximum Gasteiger partial charge on any atom is 0.213 e. The zero-order valence-electron chi connectivity index (χ0n) is 12.7. The molecule has 2 rings (SSSR count). The van der Waals surface area contributed by atoms with Crippen LogP contribution in [0.5, 0.6) is 5.88 Å². The van der Waals surface area contributed by atoms with Crippen LogP contribution in [0.4, 0.5) is 0 Å². The van der Waals surface area contributed by atoms with Crippen LogP contribution < -0.4 is 10.1 Å². The van der Waals surface area contributed by atoms with Gasteiger partial charge in [-0.25, -0.2) is 4.98 Å². The Morgan fingerprint density at radius 2 is 1.75 bits per heavy atom. The van der Waals surface area contributed by atoms with Gasteiger partial charge in [-0.2, -0.15) is 0 Å². The lowest BCUT2D eigenvalue weighted by Crippen LogP contribution is -2.14. The Bertz CT molecular complexity index is 570. The van der Waals surface area contributed by atoms with Crippen molar-refractivity contribution >= 4 is 0 Å². The Balaban J connectivity index is 1.99. The Kier molecular flexibility index (Phi) is 4.74. The van der Waals surface area contributed by atoms with E-state index in [9.17, 15) is 0 Å². The number of nitrogens with one attached hydrogen (secondary N) is 1. The van der Waals surface area contributed by atoms with Gasteiger partial charge < -0.3 is 10.1 Å². The second kappa shape index (κ2) is 6.53. The van der Waals surface area contributed by atoms with E-state index in [0.717, 1.165) is 13.1 Å². The Morgan fingerprint density at radius 1 is 1.05 bits per heavy atom. The molecule has 2 aromatic rings. The summed E-state index contributed by atoms with van der Waals surface area (Å²) in [7, 11) is 1.64. The fourth-order valence-electron chi connectivity index (χ4n) is 2.49. The van der Waals surface area contributed by atoms with Gasteiger partial charge in [-0.3, -0.25) is 0 Å². The van der Waals surface area contributed by atoms with Crippen LogP contribution in [-0.4, -0.2) is 12.1 Å². The van der Waals surface area contributed by atoms with Crippen molar-refractivity contribution in [3.63, 3.8) is 0 Å². The molecule has 0 fully saturated rings. The van der Waals surface area contributed by atoms with E-state index in [1.807, 2.05) is 12.1 Å². The number of benzene rings is 1. The van der Waals surface area contributed by atoms with Crippen LogP contribution in [0, 0.1) is 20.8 Å². The van der Waals surface area contributed by atoms with Crippen LogP contribution in [0.15, 0.2) is 30.5 Å². The van der Waals surface area contributed by atoms with Gasteiger partial charge in [0.1, 0.15) is 0 Å². The molecule has 0 aliphatic heterocycles. The minimum Gasteiger partial charge on any atom is -0.481 e. The third-order valence-electron chi connectivity index (χ3n) is 3.48. The van der Waals surface area contributed by atoms with E-state index in [0.29, 0.717) is 5.88 Å². The number of methoxy groups -OCH3 is 1. The summed E-state index contributed by atoms with van der Waals surface area (Å²) in [5.74, 6) is 0.659. The van der Waals surface area contributed by atoms with E-state index in [4.69, 9.17) is 4.74 Å². The lowest BCUT2D eigenvalue weighted by molar-refractivity contribution is 0.397. The molecular weight excluding hydrogens is 248 g/mol. The Morgan fingerprint density at radius 3 is 2.40 bits per heavy atom. The van der Waals surface area contributed by atoms with Gasteiger partial charge in [-0.1, -0.05) is 17.7 Å². The summed E-state index contributed by atoms with van der Waals surface area (Å²) in [4.78, 5) is 4.11. The summed E-state index contributed by atoms with van der Waals surface area (Å²) in [5.41, 5.74) is 6.59. The van der Waals surface area contributed by atoms with Gasteiger partial charge in [0.25, 0.3) is 0 Å². The molecule has 106 valence electrons. The number of aryl methyl sites for hydroxylation is 3. The summed E-state index contributed by atoms with van der Waals surface area (Å²) in [6, 6.07) is 8.44. The summed E-state index contributed by atoms with van der Waals surface area (Å²) in [6.45, 7) is 8.17. The maximum absolute atomic E-state index is 5.13. The summed E-state index contributed by atoms with van der Waals surface area (Å²) >= 11 is 0. The molecule has 0 unspecified atom stereocenters. The van der Waals surface area contributed by atoms with E-state index in [-0.39, 0.29) is 0 Å². The minimum atomic E-state index is 0.659. The molecule has 20 heavy (non-hydrogen) atoms. The van der Waals surface area contributed by atoms with Crippen molar-refractivity contribution in [1.82, 2.24) is 10.3 Å². The predicted octanol–water partition coefficient (Wildman–Crippen LogP) is 3.31. The molecule has 1 N–H and O–H groups in total. The number of aromatic nitrogens is 1. The Labute approximate surface area is 121 Å². The molecule has 0 aliphatic rings. The van der Waals surface area contributed by atoms with E-state index >= 15 is 0 Å². The number of pyridine rings is 1. The Hall–Kier alpha value is -1.87. The number of hydrogen-bond acceptors (Lipinski definition) is 3. The third kappa shape index (κ3) is 3.58. The molecule has 0 radical (unpaired) electrons. The zero-order chi connectivity index (χ0) is 14.5. The van der Waals surface area contributed by atoms with Crippen molar-refractivity contribution in [3.8, 4) is 5.88 Å². The van der Waals surface area contributed by atoms with Gasteiger partial charge in [-0.05, 0) is 49.1 Å². The van der Waals surface area contributed by atoms with Crippen LogP contribution in [0.25, 0.3) is 0 Å². The van der Waals surface area contributed by atoms with Gasteiger partial charge in [0.05, 0.1) is 7.11 Å². The molecule has 0 saturated heterocycles. The number of rotatable bonds is 5. The number of hydrogen-bond donors (Lipinski definition) is 1. The largest absolute Gasteiger partial charge is 0.481 e. The van der Waals surface area contributed by atoms with Gasteiger partial charge in [0.15, 0.2) is 0 Å². The SMILES string of the molecule is COc1cc(CNCc2c(C)cc(C)cc2C)ccn1. The molecule has 0 saturated carbocycles. The highest BCUT2D eigenvalue weighted by Crippen LogP contribution is 2.16. The molecule has 0 spiro atoms. The van der Waals surface area contributed by atoms with Gasteiger partial charge in [0.2, 0.25) is 5.88 Å². The monoisotopic (exact) mass is 270 g/mol. The predicted molar refractivity (Wildman–Crippen MR) is 82.0 cm³/mol. The smallest absolute Gasteiger partial charge is 0.213 e. The fraction of sp³-hybridized carbons (Fsp3) is 0.353. The molecular formula is C17H22N2O. The first-order chi connectivity index (χ1) is 9.60. The first-order valence-corrected chi connectivity index (χ1v) is 6.86. The quantitative estimate of drug-likeness (QED) is 0.905. The topological polar surface area (TPSA) is 34.1 Å². The molecule has 0 aliphatic carbocycles. The van der Waals surface area contributed by atoms with Gasteiger partial charge >= 0.3 is 0 Å². The highest BCUT2D eigenvalue weighted by atomic mass is 16.5. The second-order valence-electron chi connectivity index (χ2n) is 5.19. The first kappa shape index (κ1) is 14.5. The third-order valence-corrected chi connectivity index (χ3v) is 3.48. The van der Waals surface area contributed by atoms with Crippen molar-refractivity contribution in [3.05, 3.63) is 58.3 Å². The van der Waals surface area contributed by atoms with Crippen LogP contribution in [-0.2, 0) is 13.1 Å². The van der Waals surface area contributed by atoms with Crippen LogP contribution in [0.3, 0.4) is 0 Å². The zero-order valence-corrected chi connectivity index (χ0v) is 12.7.